The predicted octanol–water partition coefficient (Wildman–Crippen LogP) is 5.30. The van der Waals surface area contributed by atoms with Crippen LogP contribution in [0.15, 0.2) is 11.0 Å². The lowest BCUT2D eigenvalue weighted by Gasteiger charge is -2.36. The number of esters is 1. The van der Waals surface area contributed by atoms with Crippen molar-refractivity contribution in [2.75, 3.05) is 0 Å². The minimum atomic E-state index is -0.855. The molecule has 3 rings (SSSR count). The first-order chi connectivity index (χ1) is 15.8. The third-order valence-corrected chi connectivity index (χ3v) is 8.66. The van der Waals surface area contributed by atoms with Gasteiger partial charge < -0.3 is 19.7 Å². The van der Waals surface area contributed by atoms with Gasteiger partial charge in [-0.05, 0) is 68.9 Å². The molecule has 192 valence electrons. The van der Waals surface area contributed by atoms with E-state index in [9.17, 15) is 15.0 Å². The van der Waals surface area contributed by atoms with Crippen molar-refractivity contribution in [3.8, 4) is 0 Å². The minimum absolute atomic E-state index is 0.0132. The van der Waals surface area contributed by atoms with Crippen LogP contribution in [-0.2, 0) is 14.3 Å². The van der Waals surface area contributed by atoms with Crippen molar-refractivity contribution < 1.29 is 24.5 Å². The summed E-state index contributed by atoms with van der Waals surface area (Å²) in [6, 6.07) is 0. The lowest BCUT2D eigenvalue weighted by Crippen LogP contribution is -2.38. The number of ether oxygens (including phenoxy) is 2. The Morgan fingerprint density at radius 2 is 1.94 bits per heavy atom. The molecule has 0 bridgehead atoms. The molecule has 2 aliphatic heterocycles. The molecule has 6 nitrogen and oxygen atoms in total. The van der Waals surface area contributed by atoms with Crippen molar-refractivity contribution >= 4 is 23.4 Å². The quantitative estimate of drug-likeness (QED) is 0.429. The molecular weight excluding hydrogens is 450 g/mol. The SMILES string of the molecule is C/C(=C\c1csc(C)n1)[C@@H]1C[C@@H]2O[C@]2(C)CCC[C@H](C)[C@H](O)[C@@H](C)CC(C)(C)[C@@H](O)CC(=O)O1. The molecule has 0 amide bonds. The van der Waals surface area contributed by atoms with E-state index in [0.29, 0.717) is 12.8 Å². The zero-order valence-electron chi connectivity index (χ0n) is 21.8. The van der Waals surface area contributed by atoms with Crippen molar-refractivity contribution in [2.24, 2.45) is 17.3 Å². The maximum absolute atomic E-state index is 12.9. The molecule has 0 spiro atoms. The Labute approximate surface area is 208 Å². The summed E-state index contributed by atoms with van der Waals surface area (Å²) < 4.78 is 12.0. The van der Waals surface area contributed by atoms with Crippen LogP contribution in [0.2, 0.25) is 0 Å². The number of hydrogen-bond donors (Lipinski definition) is 2. The molecule has 1 aromatic rings. The first-order valence-corrected chi connectivity index (χ1v) is 13.5. The van der Waals surface area contributed by atoms with Crippen molar-refractivity contribution in [1.29, 1.82) is 0 Å². The summed E-state index contributed by atoms with van der Waals surface area (Å²) in [5.41, 5.74) is 1.05. The molecule has 2 aliphatic rings. The highest BCUT2D eigenvalue weighted by Gasteiger charge is 2.52. The third kappa shape index (κ3) is 6.90. The summed E-state index contributed by atoms with van der Waals surface area (Å²) in [5.74, 6) is -0.228. The van der Waals surface area contributed by atoms with Gasteiger partial charge in [0.1, 0.15) is 6.10 Å². The number of fused-ring (bicyclic) bond motifs is 1. The normalized spacial score (nSPS) is 38.1. The van der Waals surface area contributed by atoms with E-state index in [1.165, 1.54) is 0 Å². The maximum Gasteiger partial charge on any atom is 0.309 e. The van der Waals surface area contributed by atoms with Crippen molar-refractivity contribution in [1.82, 2.24) is 4.98 Å². The predicted molar refractivity (Wildman–Crippen MR) is 135 cm³/mol. The van der Waals surface area contributed by atoms with Crippen LogP contribution in [0.5, 0.6) is 0 Å². The van der Waals surface area contributed by atoms with Crippen molar-refractivity contribution in [3.05, 3.63) is 21.7 Å². The Bertz CT molecular complexity index is 880. The van der Waals surface area contributed by atoms with Crippen molar-refractivity contribution in [3.63, 3.8) is 0 Å². The van der Waals surface area contributed by atoms with E-state index in [1.807, 2.05) is 46.1 Å². The zero-order valence-corrected chi connectivity index (χ0v) is 22.7. The topological polar surface area (TPSA) is 92.2 Å². The van der Waals surface area contributed by atoms with Gasteiger partial charge in [-0.2, -0.15) is 0 Å². The van der Waals surface area contributed by atoms with Crippen LogP contribution >= 0.6 is 11.3 Å². The van der Waals surface area contributed by atoms with Crippen LogP contribution in [0.3, 0.4) is 0 Å². The first-order valence-electron chi connectivity index (χ1n) is 12.6. The number of carbonyl (C=O) groups is 1. The Kier molecular flexibility index (Phi) is 8.65. The van der Waals surface area contributed by atoms with E-state index in [2.05, 4.69) is 18.8 Å². The van der Waals surface area contributed by atoms with Gasteiger partial charge >= 0.3 is 5.97 Å². The van der Waals surface area contributed by atoms with Gasteiger partial charge in [-0.3, -0.25) is 4.79 Å². The molecule has 3 heterocycles. The molecule has 0 unspecified atom stereocenters. The summed E-state index contributed by atoms with van der Waals surface area (Å²) in [7, 11) is 0. The van der Waals surface area contributed by atoms with Gasteiger partial charge in [-0.15, -0.1) is 11.3 Å². The zero-order chi connectivity index (χ0) is 25.3. The smallest absolute Gasteiger partial charge is 0.309 e. The summed E-state index contributed by atoms with van der Waals surface area (Å²) in [6.07, 6.45) is 4.23. The summed E-state index contributed by atoms with van der Waals surface area (Å²) in [4.78, 5) is 17.4. The van der Waals surface area contributed by atoms with Gasteiger partial charge in [0, 0.05) is 11.8 Å². The number of rotatable bonds is 2. The van der Waals surface area contributed by atoms with E-state index in [1.54, 1.807) is 11.3 Å². The fourth-order valence-electron chi connectivity index (χ4n) is 5.34. The number of cyclic esters (lactones) is 1. The van der Waals surface area contributed by atoms with Gasteiger partial charge in [-0.25, -0.2) is 4.98 Å². The lowest BCUT2D eigenvalue weighted by atomic mass is 9.74. The van der Waals surface area contributed by atoms with E-state index < -0.39 is 29.7 Å². The Morgan fingerprint density at radius 1 is 1.24 bits per heavy atom. The van der Waals surface area contributed by atoms with Crippen LogP contribution in [-0.4, -0.2) is 51.2 Å². The van der Waals surface area contributed by atoms with E-state index in [0.717, 1.165) is 35.5 Å². The monoisotopic (exact) mass is 493 g/mol. The number of aliphatic hydroxyl groups excluding tert-OH is 2. The number of aryl methyl sites for hydroxylation is 1. The molecule has 2 fully saturated rings. The van der Waals surface area contributed by atoms with Crippen LogP contribution in [0.25, 0.3) is 6.08 Å². The van der Waals surface area contributed by atoms with Crippen LogP contribution < -0.4 is 0 Å². The molecule has 1 aromatic heterocycles. The van der Waals surface area contributed by atoms with Gasteiger partial charge in [0.15, 0.2) is 0 Å². The Hall–Kier alpha value is -1.28. The second-order valence-corrected chi connectivity index (χ2v) is 12.6. The highest BCUT2D eigenvalue weighted by molar-refractivity contribution is 7.09. The van der Waals surface area contributed by atoms with E-state index in [4.69, 9.17) is 9.47 Å². The van der Waals surface area contributed by atoms with Crippen LogP contribution in [0.4, 0.5) is 0 Å². The largest absolute Gasteiger partial charge is 0.458 e. The maximum atomic E-state index is 12.9. The molecule has 0 radical (unpaired) electrons. The second kappa shape index (κ2) is 10.8. The number of nitrogens with zero attached hydrogens (tertiary/aromatic N) is 1. The highest BCUT2D eigenvalue weighted by atomic mass is 32.1. The van der Waals surface area contributed by atoms with Crippen LogP contribution in [0, 0.1) is 24.2 Å². The van der Waals surface area contributed by atoms with Gasteiger partial charge in [0.2, 0.25) is 0 Å². The first kappa shape index (κ1) is 27.3. The summed E-state index contributed by atoms with van der Waals surface area (Å²) in [6.45, 7) is 14.1. The molecule has 2 N–H and O–H groups in total. The number of aromatic nitrogens is 1. The molecule has 7 atom stereocenters. The van der Waals surface area contributed by atoms with E-state index >= 15 is 0 Å². The average Bonchev–Trinajstić information content (AvgIpc) is 3.18. The lowest BCUT2D eigenvalue weighted by molar-refractivity contribution is -0.152. The van der Waals surface area contributed by atoms with Crippen LogP contribution in [0.1, 0.15) is 90.8 Å². The fourth-order valence-corrected chi connectivity index (χ4v) is 5.91. The Balaban J connectivity index is 1.81. The number of hydrogen-bond acceptors (Lipinski definition) is 7. The van der Waals surface area contributed by atoms with Crippen molar-refractivity contribution in [2.45, 2.75) is 117 Å². The molecule has 0 aromatic carbocycles. The standard InChI is InChI=1S/C27H43NO5S/c1-16-9-8-10-27(7)23(33-27)12-21(17(2)11-20-15-34-19(4)28-20)32-24(30)13-22(29)26(5,6)14-18(3)25(16)31/h11,15-16,18,21-23,25,29,31H,8-10,12-14H2,1-7H3/b17-11+/t16-,18-,21-,22-,23-,25-,27+/m0/s1. The highest BCUT2D eigenvalue weighted by Crippen LogP contribution is 2.45. The summed E-state index contributed by atoms with van der Waals surface area (Å²) >= 11 is 1.59. The summed E-state index contributed by atoms with van der Waals surface area (Å²) in [5, 5.41) is 24.8. The van der Waals surface area contributed by atoms with E-state index in [-0.39, 0.29) is 30.0 Å². The fraction of sp³-hybridized carbons (Fsp3) is 0.778. The average molecular weight is 494 g/mol. The number of carbonyl (C=O) groups excluding carboxylic acids is 1. The molecule has 2 saturated heterocycles. The van der Waals surface area contributed by atoms with Gasteiger partial charge in [0.05, 0.1) is 41.0 Å². The van der Waals surface area contributed by atoms with Gasteiger partial charge in [0.25, 0.3) is 0 Å². The second-order valence-electron chi connectivity index (χ2n) is 11.6. The molecule has 34 heavy (non-hydrogen) atoms. The molecule has 0 aliphatic carbocycles. The van der Waals surface area contributed by atoms with Gasteiger partial charge in [-0.1, -0.05) is 34.1 Å². The minimum Gasteiger partial charge on any atom is -0.458 e. The molecule has 0 saturated carbocycles. The number of aliphatic hydroxyl groups is 2. The Morgan fingerprint density at radius 3 is 2.59 bits per heavy atom. The molecule has 7 heteroatoms. The molecular formula is C27H43NO5S. The number of epoxide rings is 1. The third-order valence-electron chi connectivity index (χ3n) is 7.87. The number of thiazole rings is 1.